The summed E-state index contributed by atoms with van der Waals surface area (Å²) in [6.45, 7) is 0.0671. The lowest BCUT2D eigenvalue weighted by Gasteiger charge is -2.07. The van der Waals surface area contributed by atoms with Crippen molar-refractivity contribution >= 4 is 11.6 Å². The molecule has 0 amide bonds. The summed E-state index contributed by atoms with van der Waals surface area (Å²) in [6.07, 6.45) is 2.21. The van der Waals surface area contributed by atoms with Crippen LogP contribution in [-0.2, 0) is 6.42 Å². The molecule has 0 saturated carbocycles. The second-order valence-electron chi connectivity index (χ2n) is 3.54. The van der Waals surface area contributed by atoms with Gasteiger partial charge in [0.1, 0.15) is 0 Å². The molecule has 5 heteroatoms. The Balaban J connectivity index is 2.45. The van der Waals surface area contributed by atoms with Gasteiger partial charge in [0.05, 0.1) is 19.0 Å². The predicted molar refractivity (Wildman–Crippen MR) is 65.9 cm³/mol. The Morgan fingerprint density at radius 2 is 2.29 bits per heavy atom. The minimum Gasteiger partial charge on any atom is -0.481 e. The molecule has 1 aromatic carbocycles. The number of aromatic nitrogens is 2. The molecule has 2 aromatic rings. The SMILES string of the molecule is COc1c(CCO)cnn1-c1cccc(Cl)c1. The summed E-state index contributed by atoms with van der Waals surface area (Å²) in [5.74, 6) is 0.626. The number of hydrogen-bond donors (Lipinski definition) is 1. The number of aliphatic hydroxyl groups is 1. The zero-order valence-corrected chi connectivity index (χ0v) is 10.2. The zero-order chi connectivity index (χ0) is 12.3. The molecule has 0 aliphatic carbocycles. The highest BCUT2D eigenvalue weighted by Gasteiger charge is 2.12. The Morgan fingerprint density at radius 1 is 1.47 bits per heavy atom. The van der Waals surface area contributed by atoms with E-state index in [2.05, 4.69) is 5.10 Å². The number of nitrogens with zero attached hydrogens (tertiary/aromatic N) is 2. The van der Waals surface area contributed by atoms with Gasteiger partial charge in [-0.15, -0.1) is 0 Å². The van der Waals surface area contributed by atoms with Crippen LogP contribution in [0.15, 0.2) is 30.5 Å². The molecule has 0 bridgehead atoms. The van der Waals surface area contributed by atoms with Gasteiger partial charge in [-0.3, -0.25) is 0 Å². The van der Waals surface area contributed by atoms with Crippen LogP contribution < -0.4 is 4.74 Å². The molecule has 0 spiro atoms. The van der Waals surface area contributed by atoms with Gasteiger partial charge < -0.3 is 9.84 Å². The molecular formula is C12H13ClN2O2. The van der Waals surface area contributed by atoms with E-state index in [0.717, 1.165) is 11.3 Å². The summed E-state index contributed by atoms with van der Waals surface area (Å²) in [4.78, 5) is 0. The van der Waals surface area contributed by atoms with E-state index in [1.165, 1.54) is 0 Å². The van der Waals surface area contributed by atoms with Crippen LogP contribution in [0.3, 0.4) is 0 Å². The molecular weight excluding hydrogens is 240 g/mol. The van der Waals surface area contributed by atoms with Crippen molar-refractivity contribution in [2.45, 2.75) is 6.42 Å². The summed E-state index contributed by atoms with van der Waals surface area (Å²) in [7, 11) is 1.58. The van der Waals surface area contributed by atoms with Gasteiger partial charge in [0, 0.05) is 23.6 Å². The number of ether oxygens (including phenoxy) is 1. The van der Waals surface area contributed by atoms with Crippen molar-refractivity contribution in [2.24, 2.45) is 0 Å². The molecule has 2 rings (SSSR count). The van der Waals surface area contributed by atoms with E-state index < -0.39 is 0 Å². The molecule has 90 valence electrons. The lowest BCUT2D eigenvalue weighted by Crippen LogP contribution is -2.01. The summed E-state index contributed by atoms with van der Waals surface area (Å²) >= 11 is 5.94. The highest BCUT2D eigenvalue weighted by atomic mass is 35.5. The molecule has 0 saturated heterocycles. The lowest BCUT2D eigenvalue weighted by atomic mass is 10.2. The number of rotatable bonds is 4. The van der Waals surface area contributed by atoms with Gasteiger partial charge in [0.25, 0.3) is 0 Å². The predicted octanol–water partition coefficient (Wildman–Crippen LogP) is 2.07. The first-order chi connectivity index (χ1) is 8.26. The van der Waals surface area contributed by atoms with Crippen LogP contribution in [0.2, 0.25) is 5.02 Å². The number of halogens is 1. The third-order valence-corrected chi connectivity index (χ3v) is 2.66. The van der Waals surface area contributed by atoms with Crippen LogP contribution in [0, 0.1) is 0 Å². The van der Waals surface area contributed by atoms with Crippen molar-refractivity contribution in [3.63, 3.8) is 0 Å². The Bertz CT molecular complexity index is 511. The first kappa shape index (κ1) is 12.0. The third-order valence-electron chi connectivity index (χ3n) is 2.42. The molecule has 4 nitrogen and oxygen atoms in total. The molecule has 1 N–H and O–H groups in total. The van der Waals surface area contributed by atoms with Gasteiger partial charge in [-0.25, -0.2) is 4.68 Å². The Morgan fingerprint density at radius 3 is 2.94 bits per heavy atom. The highest BCUT2D eigenvalue weighted by Crippen LogP contribution is 2.24. The van der Waals surface area contributed by atoms with Crippen molar-refractivity contribution < 1.29 is 9.84 Å². The third kappa shape index (κ3) is 2.43. The topological polar surface area (TPSA) is 47.3 Å². The van der Waals surface area contributed by atoms with Crippen LogP contribution in [0.1, 0.15) is 5.56 Å². The number of methoxy groups -OCH3 is 1. The van der Waals surface area contributed by atoms with Gasteiger partial charge in [-0.05, 0) is 18.2 Å². The first-order valence-electron chi connectivity index (χ1n) is 5.24. The van der Waals surface area contributed by atoms with Gasteiger partial charge in [-0.1, -0.05) is 17.7 Å². The monoisotopic (exact) mass is 252 g/mol. The fourth-order valence-corrected chi connectivity index (χ4v) is 1.86. The smallest absolute Gasteiger partial charge is 0.219 e. The van der Waals surface area contributed by atoms with Gasteiger partial charge in [-0.2, -0.15) is 5.10 Å². The van der Waals surface area contributed by atoms with Crippen molar-refractivity contribution in [3.8, 4) is 11.6 Å². The second-order valence-corrected chi connectivity index (χ2v) is 3.98. The van der Waals surface area contributed by atoms with Crippen LogP contribution >= 0.6 is 11.6 Å². The summed E-state index contributed by atoms with van der Waals surface area (Å²) in [5.41, 5.74) is 1.70. The fraction of sp³-hybridized carbons (Fsp3) is 0.250. The molecule has 1 aromatic heterocycles. The van der Waals surface area contributed by atoms with Gasteiger partial charge >= 0.3 is 0 Å². The quantitative estimate of drug-likeness (QED) is 0.906. The van der Waals surface area contributed by atoms with Crippen molar-refractivity contribution in [3.05, 3.63) is 41.0 Å². The summed E-state index contributed by atoms with van der Waals surface area (Å²) in [5, 5.41) is 13.8. The maximum absolute atomic E-state index is 8.95. The second kappa shape index (κ2) is 5.21. The Labute approximate surface area is 104 Å². The van der Waals surface area contributed by atoms with E-state index >= 15 is 0 Å². The molecule has 0 aliphatic heterocycles. The van der Waals surface area contributed by atoms with E-state index in [4.69, 9.17) is 21.4 Å². The molecule has 0 aliphatic rings. The molecule has 0 fully saturated rings. The van der Waals surface area contributed by atoms with Crippen molar-refractivity contribution in [1.82, 2.24) is 9.78 Å². The van der Waals surface area contributed by atoms with E-state index in [0.29, 0.717) is 17.3 Å². The summed E-state index contributed by atoms with van der Waals surface area (Å²) in [6, 6.07) is 7.35. The standard InChI is InChI=1S/C12H13ClN2O2/c1-17-12-9(5-6-16)8-14-15(12)11-4-2-3-10(13)7-11/h2-4,7-8,16H,5-6H2,1H3. The van der Waals surface area contributed by atoms with Crippen LogP contribution in [0.5, 0.6) is 5.88 Å². The number of aliphatic hydroxyl groups excluding tert-OH is 1. The minimum atomic E-state index is 0.0671. The molecule has 1 heterocycles. The fourth-order valence-electron chi connectivity index (χ4n) is 1.67. The van der Waals surface area contributed by atoms with E-state index in [9.17, 15) is 0 Å². The molecule has 17 heavy (non-hydrogen) atoms. The Hall–Kier alpha value is -1.52. The van der Waals surface area contributed by atoms with E-state index in [1.54, 1.807) is 30.1 Å². The van der Waals surface area contributed by atoms with Crippen LogP contribution in [0.25, 0.3) is 5.69 Å². The number of benzene rings is 1. The maximum Gasteiger partial charge on any atom is 0.219 e. The van der Waals surface area contributed by atoms with Gasteiger partial charge in [0.2, 0.25) is 5.88 Å². The maximum atomic E-state index is 8.95. The molecule has 0 unspecified atom stereocenters. The van der Waals surface area contributed by atoms with E-state index in [-0.39, 0.29) is 6.61 Å². The average Bonchev–Trinajstić information content (AvgIpc) is 2.72. The largest absolute Gasteiger partial charge is 0.481 e. The number of hydrogen-bond acceptors (Lipinski definition) is 3. The van der Waals surface area contributed by atoms with Gasteiger partial charge in [0.15, 0.2) is 0 Å². The minimum absolute atomic E-state index is 0.0671. The van der Waals surface area contributed by atoms with Crippen molar-refractivity contribution in [1.29, 1.82) is 0 Å². The van der Waals surface area contributed by atoms with Crippen LogP contribution in [-0.4, -0.2) is 28.6 Å². The zero-order valence-electron chi connectivity index (χ0n) is 9.43. The highest BCUT2D eigenvalue weighted by molar-refractivity contribution is 6.30. The Kier molecular flexibility index (Phi) is 3.66. The van der Waals surface area contributed by atoms with Crippen LogP contribution in [0.4, 0.5) is 0 Å². The van der Waals surface area contributed by atoms with Crippen molar-refractivity contribution in [2.75, 3.05) is 13.7 Å². The molecule has 0 radical (unpaired) electrons. The normalized spacial score (nSPS) is 10.5. The first-order valence-corrected chi connectivity index (χ1v) is 5.61. The lowest BCUT2D eigenvalue weighted by molar-refractivity contribution is 0.296. The summed E-state index contributed by atoms with van der Waals surface area (Å²) < 4.78 is 6.97. The van der Waals surface area contributed by atoms with E-state index in [1.807, 2.05) is 12.1 Å². The average molecular weight is 253 g/mol. The molecule has 0 atom stereocenters.